The minimum atomic E-state index is -0.0937. The average molecular weight is 330 g/mol. The van der Waals surface area contributed by atoms with Crippen LogP contribution in [0.3, 0.4) is 0 Å². The Morgan fingerprint density at radius 2 is 1.96 bits per heavy atom. The molecule has 2 aromatic carbocycles. The van der Waals surface area contributed by atoms with Crippen molar-refractivity contribution in [1.82, 2.24) is 9.97 Å². The van der Waals surface area contributed by atoms with E-state index in [-0.39, 0.29) is 5.91 Å². The van der Waals surface area contributed by atoms with Crippen LogP contribution in [0.2, 0.25) is 5.02 Å². The fourth-order valence-corrected chi connectivity index (χ4v) is 2.29. The van der Waals surface area contributed by atoms with Gasteiger partial charge in [-0.05, 0) is 42.8 Å². The number of para-hydroxylation sites is 2. The Morgan fingerprint density at radius 3 is 2.74 bits per heavy atom. The van der Waals surface area contributed by atoms with Crippen LogP contribution in [0.15, 0.2) is 48.5 Å². The predicted octanol–water partition coefficient (Wildman–Crippen LogP) is 4.01. The molecule has 118 valence electrons. The number of anilines is 1. The second kappa shape index (κ2) is 7.15. The lowest BCUT2D eigenvalue weighted by Gasteiger charge is -2.06. The maximum absolute atomic E-state index is 11.9. The molecule has 0 spiro atoms. The van der Waals surface area contributed by atoms with Crippen LogP contribution in [0.5, 0.6) is 5.75 Å². The third kappa shape index (κ3) is 4.23. The molecule has 0 aliphatic carbocycles. The monoisotopic (exact) mass is 329 g/mol. The standard InChI is InChI=1S/C17H16ClN3O2/c18-12-7-9-13(10-8-12)23-11-3-6-16(22)21-17-19-14-4-1-2-5-15(14)20-17/h1-2,4-5,7-10H,3,6,11H2,(H2,19,20,21,22). The quantitative estimate of drug-likeness (QED) is 0.671. The summed E-state index contributed by atoms with van der Waals surface area (Å²) in [6.07, 6.45) is 0.985. The number of H-pyrrole nitrogens is 1. The van der Waals surface area contributed by atoms with E-state index in [0.717, 1.165) is 16.8 Å². The Kier molecular flexibility index (Phi) is 4.78. The van der Waals surface area contributed by atoms with E-state index < -0.39 is 0 Å². The highest BCUT2D eigenvalue weighted by Gasteiger charge is 2.06. The third-order valence-corrected chi connectivity index (χ3v) is 3.53. The summed E-state index contributed by atoms with van der Waals surface area (Å²) in [5, 5.41) is 3.43. The summed E-state index contributed by atoms with van der Waals surface area (Å²) in [5.41, 5.74) is 1.72. The second-order valence-electron chi connectivity index (χ2n) is 5.06. The molecule has 0 saturated carbocycles. The lowest BCUT2D eigenvalue weighted by atomic mass is 10.3. The first-order valence-corrected chi connectivity index (χ1v) is 7.71. The van der Waals surface area contributed by atoms with Crippen LogP contribution >= 0.6 is 11.6 Å². The number of carbonyl (C=O) groups is 1. The van der Waals surface area contributed by atoms with Gasteiger partial charge in [0.1, 0.15) is 5.75 Å². The number of nitrogens with one attached hydrogen (secondary N) is 2. The summed E-state index contributed by atoms with van der Waals surface area (Å²) in [6, 6.07) is 14.8. The number of amides is 1. The van der Waals surface area contributed by atoms with Crippen molar-refractivity contribution in [3.8, 4) is 5.75 Å². The summed E-state index contributed by atoms with van der Waals surface area (Å²) in [5.74, 6) is 1.12. The molecule has 1 aromatic heterocycles. The molecule has 6 heteroatoms. The Labute approximate surface area is 138 Å². The largest absolute Gasteiger partial charge is 0.494 e. The first kappa shape index (κ1) is 15.4. The maximum atomic E-state index is 11.9. The number of imidazole rings is 1. The van der Waals surface area contributed by atoms with Gasteiger partial charge >= 0.3 is 0 Å². The highest BCUT2D eigenvalue weighted by Crippen LogP contribution is 2.16. The SMILES string of the molecule is O=C(CCCOc1ccc(Cl)cc1)Nc1nc2ccccc2[nH]1. The van der Waals surface area contributed by atoms with Crippen LogP contribution in [-0.4, -0.2) is 22.5 Å². The molecular weight excluding hydrogens is 314 g/mol. The van der Waals surface area contributed by atoms with Crippen LogP contribution < -0.4 is 10.1 Å². The first-order valence-electron chi connectivity index (χ1n) is 7.34. The molecule has 0 aliphatic heterocycles. The van der Waals surface area contributed by atoms with Crippen molar-refractivity contribution < 1.29 is 9.53 Å². The molecule has 2 N–H and O–H groups in total. The molecule has 0 unspecified atom stereocenters. The molecule has 1 amide bonds. The number of hydrogen-bond acceptors (Lipinski definition) is 3. The predicted molar refractivity (Wildman–Crippen MR) is 90.9 cm³/mol. The van der Waals surface area contributed by atoms with Crippen LogP contribution in [0.1, 0.15) is 12.8 Å². The molecule has 23 heavy (non-hydrogen) atoms. The van der Waals surface area contributed by atoms with Crippen molar-refractivity contribution in [2.75, 3.05) is 11.9 Å². The zero-order valence-electron chi connectivity index (χ0n) is 12.4. The number of nitrogens with zero attached hydrogens (tertiary/aromatic N) is 1. The van der Waals surface area contributed by atoms with E-state index in [0.29, 0.717) is 30.4 Å². The van der Waals surface area contributed by atoms with Gasteiger partial charge in [0.05, 0.1) is 17.6 Å². The summed E-state index contributed by atoms with van der Waals surface area (Å²) < 4.78 is 5.55. The first-order chi connectivity index (χ1) is 11.2. The summed E-state index contributed by atoms with van der Waals surface area (Å²) >= 11 is 5.80. The van der Waals surface area contributed by atoms with Crippen molar-refractivity contribution in [2.24, 2.45) is 0 Å². The highest BCUT2D eigenvalue weighted by atomic mass is 35.5. The molecule has 3 aromatic rings. The zero-order chi connectivity index (χ0) is 16.1. The summed E-state index contributed by atoms with van der Waals surface area (Å²) in [7, 11) is 0. The number of hydrogen-bond donors (Lipinski definition) is 2. The Balaban J connectivity index is 1.43. The van der Waals surface area contributed by atoms with E-state index in [2.05, 4.69) is 15.3 Å². The van der Waals surface area contributed by atoms with Gasteiger partial charge in [-0.3, -0.25) is 10.1 Å². The van der Waals surface area contributed by atoms with Crippen LogP contribution in [0.4, 0.5) is 5.95 Å². The van der Waals surface area contributed by atoms with Gasteiger partial charge in [0.25, 0.3) is 0 Å². The van der Waals surface area contributed by atoms with E-state index in [4.69, 9.17) is 16.3 Å². The van der Waals surface area contributed by atoms with E-state index in [1.807, 2.05) is 24.3 Å². The number of benzene rings is 2. The molecule has 3 rings (SSSR count). The van der Waals surface area contributed by atoms with Gasteiger partial charge < -0.3 is 9.72 Å². The average Bonchev–Trinajstić information content (AvgIpc) is 2.95. The molecule has 0 fully saturated rings. The van der Waals surface area contributed by atoms with Crippen molar-refractivity contribution in [3.05, 3.63) is 53.6 Å². The molecule has 0 aliphatic rings. The zero-order valence-corrected chi connectivity index (χ0v) is 13.1. The van der Waals surface area contributed by atoms with E-state index in [1.165, 1.54) is 0 Å². The molecule has 0 saturated heterocycles. The Bertz CT molecular complexity index is 766. The van der Waals surface area contributed by atoms with Crippen molar-refractivity contribution >= 4 is 34.5 Å². The molecule has 0 radical (unpaired) electrons. The lowest BCUT2D eigenvalue weighted by Crippen LogP contribution is -2.13. The summed E-state index contributed by atoms with van der Waals surface area (Å²) in [4.78, 5) is 19.3. The summed E-state index contributed by atoms with van der Waals surface area (Å²) in [6.45, 7) is 0.467. The number of carbonyl (C=O) groups excluding carboxylic acids is 1. The minimum Gasteiger partial charge on any atom is -0.494 e. The van der Waals surface area contributed by atoms with Gasteiger partial charge in [0, 0.05) is 11.4 Å². The van der Waals surface area contributed by atoms with Crippen LogP contribution in [0.25, 0.3) is 11.0 Å². The van der Waals surface area contributed by atoms with Gasteiger partial charge in [-0.2, -0.15) is 0 Å². The second-order valence-corrected chi connectivity index (χ2v) is 5.49. The minimum absolute atomic E-state index is 0.0937. The number of rotatable bonds is 6. The molecular formula is C17H16ClN3O2. The Hall–Kier alpha value is -2.53. The van der Waals surface area contributed by atoms with Crippen molar-refractivity contribution in [1.29, 1.82) is 0 Å². The molecule has 1 heterocycles. The molecule has 0 bridgehead atoms. The lowest BCUT2D eigenvalue weighted by molar-refractivity contribution is -0.116. The highest BCUT2D eigenvalue weighted by molar-refractivity contribution is 6.30. The van der Waals surface area contributed by atoms with Gasteiger partial charge in [0.2, 0.25) is 11.9 Å². The normalized spacial score (nSPS) is 10.7. The van der Waals surface area contributed by atoms with E-state index in [1.54, 1.807) is 24.3 Å². The molecule has 5 nitrogen and oxygen atoms in total. The fraction of sp³-hybridized carbons (Fsp3) is 0.176. The maximum Gasteiger partial charge on any atom is 0.226 e. The topological polar surface area (TPSA) is 67.0 Å². The van der Waals surface area contributed by atoms with Gasteiger partial charge in [0.15, 0.2) is 0 Å². The number of aromatic amines is 1. The third-order valence-electron chi connectivity index (χ3n) is 3.28. The van der Waals surface area contributed by atoms with Gasteiger partial charge in [-0.15, -0.1) is 0 Å². The smallest absolute Gasteiger partial charge is 0.226 e. The Morgan fingerprint density at radius 1 is 1.17 bits per heavy atom. The fourth-order valence-electron chi connectivity index (χ4n) is 2.16. The van der Waals surface area contributed by atoms with Gasteiger partial charge in [-0.1, -0.05) is 23.7 Å². The number of aromatic nitrogens is 2. The van der Waals surface area contributed by atoms with Gasteiger partial charge in [-0.25, -0.2) is 4.98 Å². The number of ether oxygens (including phenoxy) is 1. The van der Waals surface area contributed by atoms with Crippen LogP contribution in [-0.2, 0) is 4.79 Å². The van der Waals surface area contributed by atoms with E-state index in [9.17, 15) is 4.79 Å². The van der Waals surface area contributed by atoms with E-state index >= 15 is 0 Å². The number of halogens is 1. The number of fused-ring (bicyclic) bond motifs is 1. The molecule has 0 atom stereocenters. The van der Waals surface area contributed by atoms with Crippen LogP contribution in [0, 0.1) is 0 Å². The van der Waals surface area contributed by atoms with Crippen molar-refractivity contribution in [3.63, 3.8) is 0 Å². The van der Waals surface area contributed by atoms with Crippen molar-refractivity contribution in [2.45, 2.75) is 12.8 Å².